The Labute approximate surface area is 157 Å². The van der Waals surface area contributed by atoms with Gasteiger partial charge < -0.3 is 8.37 Å². The molecule has 0 unspecified atom stereocenters. The van der Waals surface area contributed by atoms with Gasteiger partial charge in [-0.25, -0.2) is 0 Å². The topological polar surface area (TPSA) is 236 Å². The molecule has 0 aliphatic heterocycles. The van der Waals surface area contributed by atoms with Crippen LogP contribution >= 0.6 is 0 Å². The van der Waals surface area contributed by atoms with E-state index in [0.29, 0.717) is 18.2 Å². The van der Waals surface area contributed by atoms with Crippen LogP contribution in [0.4, 0.5) is 0 Å². The first-order valence-corrected chi connectivity index (χ1v) is 11.9. The Morgan fingerprint density at radius 1 is 0.607 bits per heavy atom. The summed E-state index contributed by atoms with van der Waals surface area (Å²) in [6.07, 6.45) is 0. The zero-order valence-corrected chi connectivity index (χ0v) is 16.1. The van der Waals surface area contributed by atoms with Crippen LogP contribution in [0, 0.1) is 0 Å². The van der Waals surface area contributed by atoms with E-state index in [1.807, 2.05) is 0 Å². The molecule has 0 fully saturated rings. The minimum atomic E-state index is -5.39. The van der Waals surface area contributed by atoms with Crippen LogP contribution in [0.2, 0.25) is 0 Å². The van der Waals surface area contributed by atoms with Crippen molar-refractivity contribution in [3.63, 3.8) is 0 Å². The molecule has 0 aliphatic rings. The van der Waals surface area contributed by atoms with Gasteiger partial charge in [0.05, 0.1) is 0 Å². The molecule has 18 heteroatoms. The molecular weight excluding hydrogens is 472 g/mol. The van der Waals surface area contributed by atoms with E-state index < -0.39 is 73.1 Å². The maximum Gasteiger partial charge on any atom is 0.446 e. The van der Waals surface area contributed by atoms with Crippen LogP contribution in [-0.2, 0) is 41.0 Å². The minimum Gasteiger partial charge on any atom is -0.362 e. The third-order valence-electron chi connectivity index (χ3n) is 2.93. The minimum absolute atomic E-state index is 0.0880. The number of hydrogen-bond acceptors (Lipinski definition) is 10. The first-order valence-electron chi connectivity index (χ1n) is 6.28. The average molecular weight is 480 g/mol. The molecule has 2 rings (SSSR count). The fraction of sp³-hybridized carbons (Fsp3) is 0. The summed E-state index contributed by atoms with van der Waals surface area (Å²) in [6.45, 7) is 0. The zero-order chi connectivity index (χ0) is 21.7. The molecule has 2 aromatic rings. The van der Waals surface area contributed by atoms with E-state index in [1.54, 1.807) is 0 Å². The molecule has 0 radical (unpaired) electrons. The molecule has 156 valence electrons. The lowest BCUT2D eigenvalue weighted by atomic mass is 10.1. The van der Waals surface area contributed by atoms with E-state index in [1.165, 1.54) is 0 Å². The van der Waals surface area contributed by atoms with Crippen molar-refractivity contribution in [3.05, 3.63) is 24.3 Å². The maximum absolute atomic E-state index is 11.6. The highest BCUT2D eigenvalue weighted by atomic mass is 32.3. The molecule has 0 aliphatic carbocycles. The van der Waals surface area contributed by atoms with Crippen LogP contribution in [0.15, 0.2) is 34.1 Å². The smallest absolute Gasteiger partial charge is 0.362 e. The van der Waals surface area contributed by atoms with Crippen molar-refractivity contribution >= 4 is 51.8 Å². The molecule has 2 aromatic carbocycles. The van der Waals surface area contributed by atoms with Gasteiger partial charge in [-0.3, -0.25) is 18.2 Å². The van der Waals surface area contributed by atoms with Gasteiger partial charge in [-0.1, -0.05) is 0 Å². The highest BCUT2D eigenvalue weighted by Gasteiger charge is 2.29. The predicted octanol–water partition coefficient (Wildman–Crippen LogP) is -0.304. The lowest BCUT2D eigenvalue weighted by Crippen LogP contribution is -2.13. The molecule has 0 saturated heterocycles. The van der Waals surface area contributed by atoms with E-state index >= 15 is 0 Å². The van der Waals surface area contributed by atoms with Crippen LogP contribution in [-0.4, -0.2) is 51.9 Å². The third-order valence-corrected chi connectivity index (χ3v) is 5.47. The summed E-state index contributed by atoms with van der Waals surface area (Å²) < 4.78 is 134. The lowest BCUT2D eigenvalue weighted by Gasteiger charge is -2.14. The van der Waals surface area contributed by atoms with E-state index in [0.717, 1.165) is 0 Å². The Bertz CT molecular complexity index is 1380. The summed E-state index contributed by atoms with van der Waals surface area (Å²) in [6, 6.07) is 2.01. The Balaban J connectivity index is 3.08. The first kappa shape index (κ1) is 22.2. The van der Waals surface area contributed by atoms with Gasteiger partial charge in [0.25, 0.3) is 20.2 Å². The second-order valence-corrected chi connectivity index (χ2v) is 9.71. The Morgan fingerprint density at radius 3 is 1.54 bits per heavy atom. The summed E-state index contributed by atoms with van der Waals surface area (Å²) in [5.74, 6) is -2.01. The van der Waals surface area contributed by atoms with Crippen molar-refractivity contribution < 1.29 is 60.2 Å². The van der Waals surface area contributed by atoms with Gasteiger partial charge in [0.1, 0.15) is 15.5 Å². The maximum atomic E-state index is 11.6. The van der Waals surface area contributed by atoms with Crippen LogP contribution in [0.25, 0.3) is 10.8 Å². The highest BCUT2D eigenvalue weighted by molar-refractivity contribution is 7.87. The summed E-state index contributed by atoms with van der Waals surface area (Å²) in [7, 11) is -21.1. The monoisotopic (exact) mass is 480 g/mol. The number of fused-ring (bicyclic) bond motifs is 1. The zero-order valence-electron chi connectivity index (χ0n) is 12.8. The lowest BCUT2D eigenvalue weighted by molar-refractivity contribution is 0.383. The van der Waals surface area contributed by atoms with Crippen molar-refractivity contribution in [3.8, 4) is 11.5 Å². The molecule has 28 heavy (non-hydrogen) atoms. The van der Waals surface area contributed by atoms with Gasteiger partial charge in [0, 0.05) is 10.8 Å². The van der Waals surface area contributed by atoms with Gasteiger partial charge in [-0.15, -0.1) is 0 Å². The number of rotatable bonds is 6. The van der Waals surface area contributed by atoms with E-state index in [9.17, 15) is 42.8 Å². The molecule has 0 spiro atoms. The largest absolute Gasteiger partial charge is 0.446 e. The van der Waals surface area contributed by atoms with Gasteiger partial charge in [0.15, 0.2) is 5.75 Å². The summed E-state index contributed by atoms with van der Waals surface area (Å²) in [5.41, 5.74) is 0. The van der Waals surface area contributed by atoms with Crippen LogP contribution in [0.1, 0.15) is 0 Å². The highest BCUT2D eigenvalue weighted by Crippen LogP contribution is 2.39. The van der Waals surface area contributed by atoms with Crippen molar-refractivity contribution in [2.45, 2.75) is 9.79 Å². The van der Waals surface area contributed by atoms with Crippen LogP contribution in [0.3, 0.4) is 0 Å². The molecule has 14 nitrogen and oxygen atoms in total. The number of hydrogen-bond donors (Lipinski definition) is 4. The summed E-state index contributed by atoms with van der Waals surface area (Å²) in [5, 5.41) is -1.49. The second kappa shape index (κ2) is 6.77. The fourth-order valence-corrected chi connectivity index (χ4v) is 4.32. The molecule has 0 atom stereocenters. The normalized spacial score (nSPS) is 13.4. The first-order chi connectivity index (χ1) is 12.4. The van der Waals surface area contributed by atoms with Crippen molar-refractivity contribution in [2.24, 2.45) is 0 Å². The van der Waals surface area contributed by atoms with Gasteiger partial charge in [0.2, 0.25) is 0 Å². The van der Waals surface area contributed by atoms with Crippen LogP contribution < -0.4 is 8.37 Å². The quantitative estimate of drug-likeness (QED) is 0.388. The van der Waals surface area contributed by atoms with Gasteiger partial charge >= 0.3 is 20.8 Å². The van der Waals surface area contributed by atoms with Crippen molar-refractivity contribution in [1.29, 1.82) is 0 Å². The standard InChI is InChI=1S/C10H8O14S4/c11-25(12,13)8-4-9(26(14,15)16)10(24-28(20,21)22)6-2-1-5(3-7(6)8)23-27(17,18)19/h1-4H,(H,11,12,13)(H,14,15,16)(H,17,18,19)(H,20,21,22). The third kappa shape index (κ3) is 5.26. The SMILES string of the molecule is O=S(=O)(O)Oc1ccc2c(OS(=O)(=O)O)c(S(=O)(=O)O)cc(S(=O)(=O)O)c2c1. The predicted molar refractivity (Wildman–Crippen MR) is 87.9 cm³/mol. The molecule has 4 N–H and O–H groups in total. The van der Waals surface area contributed by atoms with E-state index in [4.69, 9.17) is 9.11 Å². The van der Waals surface area contributed by atoms with Crippen molar-refractivity contribution in [1.82, 2.24) is 0 Å². The van der Waals surface area contributed by atoms with Gasteiger partial charge in [-0.05, 0) is 24.3 Å². The molecule has 0 heterocycles. The van der Waals surface area contributed by atoms with Crippen molar-refractivity contribution in [2.75, 3.05) is 0 Å². The molecular formula is C10H8O14S4. The Hall–Kier alpha value is -2.06. The molecule has 0 saturated carbocycles. The van der Waals surface area contributed by atoms with Gasteiger partial charge in [-0.2, -0.15) is 33.7 Å². The Morgan fingerprint density at radius 2 is 1.11 bits per heavy atom. The molecule has 0 aromatic heterocycles. The number of benzene rings is 2. The molecule has 0 bridgehead atoms. The summed E-state index contributed by atoms with van der Waals surface area (Å²) in [4.78, 5) is -2.70. The van der Waals surface area contributed by atoms with E-state index in [-0.39, 0.29) is 6.07 Å². The summed E-state index contributed by atoms with van der Waals surface area (Å²) >= 11 is 0. The fourth-order valence-electron chi connectivity index (χ4n) is 2.09. The Kier molecular flexibility index (Phi) is 5.38. The average Bonchev–Trinajstić information content (AvgIpc) is 2.41. The molecule has 0 amide bonds. The van der Waals surface area contributed by atoms with Crippen LogP contribution in [0.5, 0.6) is 11.5 Å². The second-order valence-electron chi connectivity index (χ2n) is 4.88. The van der Waals surface area contributed by atoms with E-state index in [2.05, 4.69) is 8.37 Å².